The Morgan fingerprint density at radius 2 is 2.25 bits per heavy atom. The van der Waals surface area contributed by atoms with Gasteiger partial charge in [0.2, 0.25) is 0 Å². The summed E-state index contributed by atoms with van der Waals surface area (Å²) in [6.07, 6.45) is 0. The maximum absolute atomic E-state index is 13.1. The molecule has 0 aliphatic rings. The van der Waals surface area contributed by atoms with Crippen molar-refractivity contribution in [1.82, 2.24) is 0 Å². The first-order valence-electron chi connectivity index (χ1n) is 3.10. The predicted molar refractivity (Wildman–Crippen MR) is 45.4 cm³/mol. The lowest BCUT2D eigenvalue weighted by atomic mass is 10.3. The second kappa shape index (κ2) is 3.41. The van der Waals surface area contributed by atoms with Crippen LogP contribution in [0.25, 0.3) is 0 Å². The maximum atomic E-state index is 13.1. The third-order valence-electron chi connectivity index (χ3n) is 1.39. The number of rotatable bonds is 1. The van der Waals surface area contributed by atoms with Crippen LogP contribution in [-0.4, -0.2) is 13.1 Å². The normalized spacial score (nSPS) is 10.0. The van der Waals surface area contributed by atoms with Crippen LogP contribution < -0.4 is 0 Å². The van der Waals surface area contributed by atoms with Gasteiger partial charge in [0.15, 0.2) is 5.82 Å². The Morgan fingerprint density at radius 1 is 1.67 bits per heavy atom. The smallest absolute Gasteiger partial charge is 0.351 e. The van der Waals surface area contributed by atoms with E-state index in [1.807, 2.05) is 0 Å². The van der Waals surface area contributed by atoms with E-state index in [1.54, 1.807) is 0 Å². The van der Waals surface area contributed by atoms with Gasteiger partial charge < -0.3 is 4.74 Å². The number of methoxy groups -OCH3 is 1. The van der Waals surface area contributed by atoms with Crippen molar-refractivity contribution in [3.63, 3.8) is 0 Å². The number of carbonyl (C=O) groups excluding carboxylic acids is 1. The zero-order chi connectivity index (χ0) is 9.30. The van der Waals surface area contributed by atoms with E-state index in [0.717, 1.165) is 11.3 Å². The maximum Gasteiger partial charge on any atom is 0.351 e. The summed E-state index contributed by atoms with van der Waals surface area (Å²) in [7, 11) is 1.20. The number of halogens is 2. The summed E-state index contributed by atoms with van der Waals surface area (Å²) in [6, 6.07) is 0. The summed E-state index contributed by atoms with van der Waals surface area (Å²) in [4.78, 5) is 10.8. The molecule has 0 saturated heterocycles. The first-order valence-corrected chi connectivity index (χ1v) is 4.30. The number of ether oxygens (including phenoxy) is 1. The molecular weight excluding hydrogens is 203 g/mol. The monoisotopic (exact) mass is 208 g/mol. The molecule has 5 heteroatoms. The molecule has 0 spiro atoms. The Balaban J connectivity index is 3.17. The van der Waals surface area contributed by atoms with Gasteiger partial charge in [-0.05, 0) is 6.92 Å². The van der Waals surface area contributed by atoms with Crippen LogP contribution in [0.15, 0.2) is 0 Å². The molecule has 0 aromatic carbocycles. The molecule has 0 amide bonds. The van der Waals surface area contributed by atoms with Gasteiger partial charge in [0.25, 0.3) is 0 Å². The van der Waals surface area contributed by atoms with Crippen molar-refractivity contribution < 1.29 is 13.9 Å². The van der Waals surface area contributed by atoms with Crippen molar-refractivity contribution in [3.8, 4) is 0 Å². The van der Waals surface area contributed by atoms with Gasteiger partial charge in [-0.1, -0.05) is 11.6 Å². The summed E-state index contributed by atoms with van der Waals surface area (Å²) in [6.45, 7) is 1.51. The quantitative estimate of drug-likeness (QED) is 0.664. The lowest BCUT2D eigenvalue weighted by Gasteiger charge is -1.93. The Bertz CT molecular complexity index is 321. The number of thiophene rings is 1. The largest absolute Gasteiger partial charge is 0.465 e. The minimum absolute atomic E-state index is 0.0694. The molecule has 12 heavy (non-hydrogen) atoms. The van der Waals surface area contributed by atoms with Crippen LogP contribution in [-0.2, 0) is 4.74 Å². The van der Waals surface area contributed by atoms with Crippen molar-refractivity contribution in [3.05, 3.63) is 20.6 Å². The molecule has 0 radical (unpaired) electrons. The molecule has 0 aliphatic carbocycles. The van der Waals surface area contributed by atoms with Crippen LogP contribution in [0.5, 0.6) is 0 Å². The van der Waals surface area contributed by atoms with Crippen molar-refractivity contribution in [2.45, 2.75) is 6.92 Å². The number of esters is 1. The molecule has 0 fully saturated rings. The highest BCUT2D eigenvalue weighted by Crippen LogP contribution is 2.31. The molecule has 0 unspecified atom stereocenters. The number of hydrogen-bond donors (Lipinski definition) is 0. The molecule has 1 aromatic rings. The third-order valence-corrected chi connectivity index (χ3v) is 2.94. The molecule has 1 aromatic heterocycles. The minimum Gasteiger partial charge on any atom is -0.465 e. The van der Waals surface area contributed by atoms with Crippen LogP contribution in [0.3, 0.4) is 0 Å². The Kier molecular flexibility index (Phi) is 2.69. The molecular formula is C7H6ClFO2S. The lowest BCUT2D eigenvalue weighted by Crippen LogP contribution is -2.00. The van der Waals surface area contributed by atoms with Crippen LogP contribution >= 0.6 is 22.9 Å². The van der Waals surface area contributed by atoms with Crippen LogP contribution in [0, 0.1) is 12.7 Å². The average Bonchev–Trinajstić information content (AvgIpc) is 2.32. The van der Waals surface area contributed by atoms with E-state index in [9.17, 15) is 9.18 Å². The summed E-state index contributed by atoms with van der Waals surface area (Å²) in [5, 5.41) is 0. The first kappa shape index (κ1) is 9.48. The van der Waals surface area contributed by atoms with Gasteiger partial charge in [0, 0.05) is 5.56 Å². The van der Waals surface area contributed by atoms with E-state index in [-0.39, 0.29) is 9.21 Å². The zero-order valence-corrected chi connectivity index (χ0v) is 8.05. The van der Waals surface area contributed by atoms with Gasteiger partial charge in [0.1, 0.15) is 4.88 Å². The predicted octanol–water partition coefficient (Wildman–Crippen LogP) is 2.64. The molecule has 1 heterocycles. The second-order valence-electron chi connectivity index (χ2n) is 2.14. The lowest BCUT2D eigenvalue weighted by molar-refractivity contribution is 0.0601. The SMILES string of the molecule is COC(=O)c1sc(Cl)c(C)c1F. The highest BCUT2D eigenvalue weighted by atomic mass is 35.5. The van der Waals surface area contributed by atoms with E-state index in [2.05, 4.69) is 4.74 Å². The average molecular weight is 209 g/mol. The van der Waals surface area contributed by atoms with E-state index in [4.69, 9.17) is 11.6 Å². The standard InChI is InChI=1S/C7H6ClFO2S/c1-3-4(9)5(7(10)11-2)12-6(3)8/h1-2H3. The Hall–Kier alpha value is -0.610. The molecule has 0 N–H and O–H groups in total. The van der Waals surface area contributed by atoms with E-state index < -0.39 is 11.8 Å². The summed E-state index contributed by atoms with van der Waals surface area (Å²) in [5.41, 5.74) is 0.294. The number of hydrogen-bond acceptors (Lipinski definition) is 3. The minimum atomic E-state index is -0.688. The van der Waals surface area contributed by atoms with Gasteiger partial charge in [-0.2, -0.15) is 0 Å². The van der Waals surface area contributed by atoms with E-state index >= 15 is 0 Å². The first-order chi connectivity index (χ1) is 5.57. The summed E-state index contributed by atoms with van der Waals surface area (Å²) >= 11 is 6.50. The van der Waals surface area contributed by atoms with Crippen LogP contribution in [0.4, 0.5) is 4.39 Å². The van der Waals surface area contributed by atoms with Crippen molar-refractivity contribution in [2.75, 3.05) is 7.11 Å². The highest BCUT2D eigenvalue weighted by Gasteiger charge is 2.19. The summed E-state index contributed by atoms with van der Waals surface area (Å²) in [5.74, 6) is -1.27. The van der Waals surface area contributed by atoms with Gasteiger partial charge in [-0.15, -0.1) is 11.3 Å². The fourth-order valence-corrected chi connectivity index (χ4v) is 1.84. The molecule has 0 atom stereocenters. The van der Waals surface area contributed by atoms with Crippen LogP contribution in [0.1, 0.15) is 15.2 Å². The van der Waals surface area contributed by atoms with E-state index in [0.29, 0.717) is 5.56 Å². The van der Waals surface area contributed by atoms with Crippen molar-refractivity contribution in [2.24, 2.45) is 0 Å². The fraction of sp³-hybridized carbons (Fsp3) is 0.286. The third kappa shape index (κ3) is 1.44. The second-order valence-corrected chi connectivity index (χ2v) is 3.76. The van der Waals surface area contributed by atoms with Crippen LogP contribution in [0.2, 0.25) is 4.34 Å². The van der Waals surface area contributed by atoms with Gasteiger partial charge in [-0.3, -0.25) is 0 Å². The molecule has 0 bridgehead atoms. The topological polar surface area (TPSA) is 26.3 Å². The Labute approximate surface area is 77.9 Å². The molecule has 1 rings (SSSR count). The van der Waals surface area contributed by atoms with Crippen molar-refractivity contribution >= 4 is 28.9 Å². The van der Waals surface area contributed by atoms with Gasteiger partial charge >= 0.3 is 5.97 Å². The highest BCUT2D eigenvalue weighted by molar-refractivity contribution is 7.18. The van der Waals surface area contributed by atoms with E-state index in [1.165, 1.54) is 14.0 Å². The molecule has 66 valence electrons. The zero-order valence-electron chi connectivity index (χ0n) is 6.48. The number of carbonyl (C=O) groups is 1. The molecule has 2 nitrogen and oxygen atoms in total. The van der Waals surface area contributed by atoms with Crippen molar-refractivity contribution in [1.29, 1.82) is 0 Å². The fourth-order valence-electron chi connectivity index (χ4n) is 0.692. The van der Waals surface area contributed by atoms with Gasteiger partial charge in [0.05, 0.1) is 11.4 Å². The molecule has 0 saturated carbocycles. The summed E-state index contributed by atoms with van der Waals surface area (Å²) < 4.78 is 17.7. The molecule has 0 aliphatic heterocycles. The Morgan fingerprint density at radius 3 is 2.58 bits per heavy atom. The van der Waals surface area contributed by atoms with Gasteiger partial charge in [-0.25, -0.2) is 9.18 Å².